The molecule has 168 valence electrons. The number of benzene rings is 1. The molecule has 29 heavy (non-hydrogen) atoms. The average molecular weight is 405 g/mol. The Labute approximate surface area is 183 Å². The summed E-state index contributed by atoms with van der Waals surface area (Å²) < 4.78 is 2.04. The van der Waals surface area contributed by atoms with E-state index in [1.54, 1.807) is 0 Å². The monoisotopic (exact) mass is 404 g/mol. The Bertz CT molecular complexity index is 503. The van der Waals surface area contributed by atoms with Crippen molar-refractivity contribution < 1.29 is 8.97 Å². The maximum Gasteiger partial charge on any atom is 0.0905 e. The van der Waals surface area contributed by atoms with Crippen LogP contribution in [-0.4, -0.2) is 64.3 Å². The molecule has 0 spiro atoms. The van der Waals surface area contributed by atoms with Crippen LogP contribution >= 0.6 is 0 Å². The molecule has 0 saturated carbocycles. The van der Waals surface area contributed by atoms with Gasteiger partial charge in [0.15, 0.2) is 0 Å². The summed E-state index contributed by atoms with van der Waals surface area (Å²) in [6, 6.07) is 9.59. The minimum atomic E-state index is 0.612. The molecule has 0 unspecified atom stereocenters. The lowest BCUT2D eigenvalue weighted by molar-refractivity contribution is -0.892. The van der Waals surface area contributed by atoms with E-state index in [2.05, 4.69) is 73.5 Å². The number of hydrogen-bond donors (Lipinski definition) is 0. The first-order valence-electron chi connectivity index (χ1n) is 12.3. The first-order valence-corrected chi connectivity index (χ1v) is 12.3. The van der Waals surface area contributed by atoms with E-state index in [-0.39, 0.29) is 0 Å². The Hall–Kier alpha value is -0.860. The molecule has 0 aliphatic rings. The second-order valence-electron chi connectivity index (χ2n) is 11.3. The number of quaternary nitrogens is 2. The summed E-state index contributed by atoms with van der Waals surface area (Å²) in [4.78, 5) is 0. The average Bonchev–Trinajstić information content (AvgIpc) is 2.61. The number of aryl methyl sites for hydroxylation is 1. The molecular weight excluding hydrogens is 352 g/mol. The molecule has 0 aliphatic heterocycles. The highest BCUT2D eigenvalue weighted by Gasteiger charge is 2.25. The largest absolute Gasteiger partial charge is 0.330 e. The van der Waals surface area contributed by atoms with Crippen LogP contribution in [0.25, 0.3) is 0 Å². The Morgan fingerprint density at radius 1 is 0.586 bits per heavy atom. The third kappa shape index (κ3) is 13.9. The molecule has 0 bridgehead atoms. The fourth-order valence-corrected chi connectivity index (χ4v) is 4.36. The molecule has 0 amide bonds. The zero-order valence-electron chi connectivity index (χ0n) is 21.0. The molecule has 1 aromatic carbocycles. The van der Waals surface area contributed by atoms with Gasteiger partial charge in [-0.1, -0.05) is 89.0 Å². The lowest BCUT2D eigenvalue weighted by Gasteiger charge is -2.34. The third-order valence-corrected chi connectivity index (χ3v) is 5.81. The smallest absolute Gasteiger partial charge is 0.0905 e. The van der Waals surface area contributed by atoms with E-state index in [9.17, 15) is 0 Å². The van der Waals surface area contributed by atoms with Crippen molar-refractivity contribution in [1.29, 1.82) is 0 Å². The van der Waals surface area contributed by atoms with Crippen molar-refractivity contribution in [2.75, 3.05) is 55.4 Å². The first kappa shape index (κ1) is 26.2. The van der Waals surface area contributed by atoms with Crippen molar-refractivity contribution in [3.63, 3.8) is 0 Å². The highest BCUT2D eigenvalue weighted by Crippen LogP contribution is 2.22. The van der Waals surface area contributed by atoms with Crippen LogP contribution in [0.1, 0.15) is 88.2 Å². The van der Waals surface area contributed by atoms with Crippen LogP contribution in [0.2, 0.25) is 0 Å². The molecule has 2 nitrogen and oxygen atoms in total. The van der Waals surface area contributed by atoms with Gasteiger partial charge in [0.2, 0.25) is 0 Å². The van der Waals surface area contributed by atoms with Crippen LogP contribution in [0.15, 0.2) is 24.3 Å². The highest BCUT2D eigenvalue weighted by molar-refractivity contribution is 5.25. The Morgan fingerprint density at radius 2 is 1.00 bits per heavy atom. The fraction of sp³-hybridized carbons (Fsp3) is 0.778. The van der Waals surface area contributed by atoms with Crippen LogP contribution in [-0.2, 0) is 6.42 Å². The van der Waals surface area contributed by atoms with Gasteiger partial charge < -0.3 is 8.97 Å². The van der Waals surface area contributed by atoms with Crippen LogP contribution in [0, 0.1) is 0 Å². The van der Waals surface area contributed by atoms with E-state index in [1.807, 2.05) is 0 Å². The Kier molecular flexibility index (Phi) is 12.1. The molecular formula is C27H52N2+2. The van der Waals surface area contributed by atoms with Gasteiger partial charge in [-0.2, -0.15) is 0 Å². The van der Waals surface area contributed by atoms with Crippen LogP contribution in [0.3, 0.4) is 0 Å². The van der Waals surface area contributed by atoms with Gasteiger partial charge in [0.25, 0.3) is 0 Å². The normalized spacial score (nSPS) is 12.7. The molecule has 0 aliphatic carbocycles. The zero-order valence-corrected chi connectivity index (χ0v) is 21.0. The molecule has 0 N–H and O–H groups in total. The number of nitrogens with zero attached hydrogens (tertiary/aromatic N) is 2. The summed E-state index contributed by atoms with van der Waals surface area (Å²) in [5.74, 6) is 0.612. The van der Waals surface area contributed by atoms with E-state index in [0.717, 1.165) is 8.97 Å². The summed E-state index contributed by atoms with van der Waals surface area (Å²) in [5.41, 5.74) is 3.03. The van der Waals surface area contributed by atoms with Crippen molar-refractivity contribution in [1.82, 2.24) is 0 Å². The van der Waals surface area contributed by atoms with Crippen molar-refractivity contribution in [3.8, 4) is 0 Å². The molecule has 0 radical (unpaired) electrons. The first-order chi connectivity index (χ1) is 13.6. The van der Waals surface area contributed by atoms with E-state index in [4.69, 9.17) is 0 Å². The molecule has 0 fully saturated rings. The number of unbranched alkanes of at least 4 members (excludes halogenated alkanes) is 9. The number of rotatable bonds is 16. The molecule has 1 aromatic rings. The van der Waals surface area contributed by atoms with Gasteiger partial charge in [-0.05, 0) is 24.0 Å². The van der Waals surface area contributed by atoms with Crippen molar-refractivity contribution in [3.05, 3.63) is 35.4 Å². The van der Waals surface area contributed by atoms with Crippen LogP contribution in [0.5, 0.6) is 0 Å². The summed E-state index contributed by atoms with van der Waals surface area (Å²) in [7, 11) is 13.8. The van der Waals surface area contributed by atoms with Gasteiger partial charge in [0.1, 0.15) is 0 Å². The molecule has 0 aromatic heterocycles. The predicted octanol–water partition coefficient (Wildman–Crippen LogP) is 6.65. The van der Waals surface area contributed by atoms with Crippen molar-refractivity contribution in [2.24, 2.45) is 0 Å². The lowest BCUT2D eigenvalue weighted by atomic mass is 9.94. The number of hydrogen-bond acceptors (Lipinski definition) is 0. The maximum atomic E-state index is 2.40. The lowest BCUT2D eigenvalue weighted by Crippen LogP contribution is -2.45. The van der Waals surface area contributed by atoms with Gasteiger partial charge in [-0.3, -0.25) is 0 Å². The highest BCUT2D eigenvalue weighted by atomic mass is 15.3. The molecule has 2 heteroatoms. The van der Waals surface area contributed by atoms with Crippen molar-refractivity contribution in [2.45, 2.75) is 83.5 Å². The van der Waals surface area contributed by atoms with Gasteiger partial charge in [0.05, 0.1) is 61.3 Å². The fourth-order valence-electron chi connectivity index (χ4n) is 4.36. The van der Waals surface area contributed by atoms with E-state index >= 15 is 0 Å². The Morgan fingerprint density at radius 3 is 1.41 bits per heavy atom. The van der Waals surface area contributed by atoms with E-state index in [1.165, 1.54) is 94.8 Å². The second kappa shape index (κ2) is 13.4. The van der Waals surface area contributed by atoms with Crippen LogP contribution < -0.4 is 0 Å². The van der Waals surface area contributed by atoms with Crippen LogP contribution in [0.4, 0.5) is 0 Å². The van der Waals surface area contributed by atoms with E-state index in [0.29, 0.717) is 5.92 Å². The van der Waals surface area contributed by atoms with E-state index < -0.39 is 0 Å². The summed E-state index contributed by atoms with van der Waals surface area (Å²) in [6.45, 7) is 4.67. The quantitative estimate of drug-likeness (QED) is 0.214. The Balaban J connectivity index is 2.36. The minimum absolute atomic E-state index is 0.612. The van der Waals surface area contributed by atoms with Gasteiger partial charge >= 0.3 is 0 Å². The van der Waals surface area contributed by atoms with Gasteiger partial charge in [0, 0.05) is 0 Å². The molecule has 0 atom stereocenters. The van der Waals surface area contributed by atoms with Gasteiger partial charge in [-0.15, -0.1) is 0 Å². The zero-order chi connectivity index (χ0) is 21.8. The van der Waals surface area contributed by atoms with Crippen molar-refractivity contribution >= 4 is 0 Å². The maximum absolute atomic E-state index is 2.40. The summed E-state index contributed by atoms with van der Waals surface area (Å²) in [5, 5.41) is 0. The standard InChI is InChI=1S/C27H52N2/c1-8-9-10-11-12-13-14-15-16-17-18-25-19-21-26(22-20-25)27(23-28(2,3)4)24-29(5,6)7/h19-22,27H,8-18,23-24H2,1-7H3/q+2. The summed E-state index contributed by atoms with van der Waals surface area (Å²) in [6.07, 6.45) is 15.4. The second-order valence-corrected chi connectivity index (χ2v) is 11.3. The predicted molar refractivity (Wildman–Crippen MR) is 131 cm³/mol. The summed E-state index contributed by atoms with van der Waals surface area (Å²) >= 11 is 0. The SMILES string of the molecule is CCCCCCCCCCCCc1ccc(C(C[N+](C)(C)C)C[N+](C)(C)C)cc1. The molecule has 0 heterocycles. The molecule has 1 rings (SSSR count). The van der Waals surface area contributed by atoms with Gasteiger partial charge in [-0.25, -0.2) is 0 Å². The number of likely N-dealkylation sites (N-methyl/N-ethyl adjacent to an activating group) is 2. The molecule has 0 saturated heterocycles. The minimum Gasteiger partial charge on any atom is -0.330 e. The topological polar surface area (TPSA) is 0 Å². The third-order valence-electron chi connectivity index (χ3n) is 5.81.